The van der Waals surface area contributed by atoms with Crippen LogP contribution < -0.4 is 0 Å². The van der Waals surface area contributed by atoms with E-state index in [4.69, 9.17) is 18.9 Å². The summed E-state index contributed by atoms with van der Waals surface area (Å²) in [6.45, 7) is 12.9. The van der Waals surface area contributed by atoms with Crippen molar-refractivity contribution in [2.45, 2.75) is 125 Å². The van der Waals surface area contributed by atoms with Crippen LogP contribution in [0.1, 0.15) is 99.5 Å². The van der Waals surface area contributed by atoms with E-state index < -0.39 is 11.2 Å². The summed E-state index contributed by atoms with van der Waals surface area (Å²) in [7, 11) is 0. The quantitative estimate of drug-likeness (QED) is 0.274. The number of Topliss-reactive ketones (excluding diaryl/α,β-unsaturated/α-hetero) is 2. The fraction of sp³-hybridized carbons (Fsp3) is 0.750. The minimum Gasteiger partial charge on any atom is -0.353 e. The Hall–Kier alpha value is -1.60. The standard InChI is InChI=1S/C31H48O6.CH4/c1-22(13-12-14-23(2)32)28(36-27-17-10-11-19-34-27)25(21-24-15-8-7-9-16-24)29(33)30(3,4)26-18-20-35-31(5,6)37-26;/h7-9,15-16,22,25-28H,10-14,17-21H2,1-6H3;1H4/t22-,25+,26-,27?,28?;/m0./s1. The summed E-state index contributed by atoms with van der Waals surface area (Å²) in [6, 6.07) is 10.2. The SMILES string of the molecule is C.CC(=O)CCC[C@H](C)C(OC1CCCCO1)[C@@H](Cc1ccccc1)C(=O)C(C)(C)[C@@H]1CCOC(C)(C)O1. The lowest BCUT2D eigenvalue weighted by molar-refractivity contribution is -0.289. The van der Waals surface area contributed by atoms with Gasteiger partial charge in [-0.05, 0) is 77.2 Å². The summed E-state index contributed by atoms with van der Waals surface area (Å²) in [5, 5.41) is 0. The zero-order chi connectivity index (χ0) is 27.1. The summed E-state index contributed by atoms with van der Waals surface area (Å²) in [6.07, 6.45) is 5.46. The Balaban J connectivity index is 0.00000507. The van der Waals surface area contributed by atoms with Gasteiger partial charge in [0.1, 0.15) is 11.6 Å². The van der Waals surface area contributed by atoms with Gasteiger partial charge in [-0.15, -0.1) is 0 Å². The third-order valence-electron chi connectivity index (χ3n) is 7.92. The number of rotatable bonds is 13. The predicted molar refractivity (Wildman–Crippen MR) is 151 cm³/mol. The van der Waals surface area contributed by atoms with E-state index in [0.29, 0.717) is 32.5 Å². The maximum Gasteiger partial charge on any atom is 0.163 e. The van der Waals surface area contributed by atoms with Gasteiger partial charge in [-0.25, -0.2) is 0 Å². The second kappa shape index (κ2) is 14.7. The van der Waals surface area contributed by atoms with Gasteiger partial charge >= 0.3 is 0 Å². The third kappa shape index (κ3) is 9.25. The van der Waals surface area contributed by atoms with Gasteiger partial charge in [0.05, 0.1) is 24.2 Å². The number of ether oxygens (including phenoxy) is 4. The molecule has 2 aliphatic heterocycles. The van der Waals surface area contributed by atoms with E-state index in [-0.39, 0.29) is 49.3 Å². The van der Waals surface area contributed by atoms with Gasteiger partial charge in [0.25, 0.3) is 0 Å². The molecule has 216 valence electrons. The van der Waals surface area contributed by atoms with Gasteiger partial charge in [-0.3, -0.25) is 4.79 Å². The van der Waals surface area contributed by atoms with Crippen molar-refractivity contribution in [1.82, 2.24) is 0 Å². The van der Waals surface area contributed by atoms with Gasteiger partial charge in [0, 0.05) is 18.9 Å². The van der Waals surface area contributed by atoms with E-state index in [9.17, 15) is 9.59 Å². The van der Waals surface area contributed by atoms with Crippen molar-refractivity contribution in [2.24, 2.45) is 17.3 Å². The van der Waals surface area contributed by atoms with E-state index in [2.05, 4.69) is 19.1 Å². The van der Waals surface area contributed by atoms with Crippen LogP contribution in [0.3, 0.4) is 0 Å². The second-order valence-corrected chi connectivity index (χ2v) is 12.0. The maximum absolute atomic E-state index is 14.6. The van der Waals surface area contributed by atoms with E-state index in [1.807, 2.05) is 45.9 Å². The molecular weight excluding hydrogens is 480 g/mol. The highest BCUT2D eigenvalue weighted by Crippen LogP contribution is 2.40. The minimum atomic E-state index is -0.728. The van der Waals surface area contributed by atoms with E-state index in [1.165, 1.54) is 0 Å². The molecule has 0 amide bonds. The van der Waals surface area contributed by atoms with Crippen LogP contribution in [0.5, 0.6) is 0 Å². The van der Waals surface area contributed by atoms with Crippen molar-refractivity contribution in [1.29, 1.82) is 0 Å². The first-order valence-corrected chi connectivity index (χ1v) is 14.2. The molecule has 2 unspecified atom stereocenters. The molecule has 2 saturated heterocycles. The lowest BCUT2D eigenvalue weighted by atomic mass is 9.70. The highest BCUT2D eigenvalue weighted by molar-refractivity contribution is 5.88. The zero-order valence-corrected chi connectivity index (χ0v) is 23.8. The van der Waals surface area contributed by atoms with Crippen molar-refractivity contribution >= 4 is 11.6 Å². The number of carbonyl (C=O) groups excluding carboxylic acids is 2. The Labute approximate surface area is 231 Å². The lowest BCUT2D eigenvalue weighted by Crippen LogP contribution is -2.53. The fourth-order valence-corrected chi connectivity index (χ4v) is 5.67. The Morgan fingerprint density at radius 3 is 2.42 bits per heavy atom. The molecule has 38 heavy (non-hydrogen) atoms. The molecule has 0 N–H and O–H groups in total. The average Bonchev–Trinajstić information content (AvgIpc) is 2.86. The maximum atomic E-state index is 14.6. The van der Waals surface area contributed by atoms with Gasteiger partial charge in [0.2, 0.25) is 0 Å². The molecule has 3 rings (SSSR count). The molecule has 2 heterocycles. The fourth-order valence-electron chi connectivity index (χ4n) is 5.67. The molecule has 5 atom stereocenters. The molecule has 0 aliphatic carbocycles. The molecule has 2 fully saturated rings. The Morgan fingerprint density at radius 2 is 1.82 bits per heavy atom. The van der Waals surface area contributed by atoms with E-state index >= 15 is 0 Å². The van der Waals surface area contributed by atoms with Crippen molar-refractivity contribution in [3.05, 3.63) is 35.9 Å². The summed E-state index contributed by atoms with van der Waals surface area (Å²) in [5.41, 5.74) is 0.383. The van der Waals surface area contributed by atoms with Crippen LogP contribution in [0.4, 0.5) is 0 Å². The molecule has 0 aromatic heterocycles. The minimum absolute atomic E-state index is 0. The molecular formula is C32H52O6. The van der Waals surface area contributed by atoms with Crippen molar-refractivity contribution in [2.75, 3.05) is 13.2 Å². The van der Waals surface area contributed by atoms with Crippen LogP contribution in [-0.4, -0.2) is 49.1 Å². The number of carbonyl (C=O) groups is 2. The monoisotopic (exact) mass is 532 g/mol. The number of benzene rings is 1. The summed E-state index contributed by atoms with van der Waals surface area (Å²) < 4.78 is 24.7. The molecule has 6 nitrogen and oxygen atoms in total. The van der Waals surface area contributed by atoms with Crippen molar-refractivity contribution in [3.63, 3.8) is 0 Å². The first-order chi connectivity index (χ1) is 17.5. The molecule has 0 radical (unpaired) electrons. The summed E-state index contributed by atoms with van der Waals surface area (Å²) in [4.78, 5) is 26.2. The highest BCUT2D eigenvalue weighted by Gasteiger charge is 2.48. The molecule has 0 saturated carbocycles. The van der Waals surface area contributed by atoms with Crippen LogP contribution in [0.2, 0.25) is 0 Å². The number of hydrogen-bond donors (Lipinski definition) is 0. The molecule has 1 aromatic rings. The van der Waals surface area contributed by atoms with Crippen molar-refractivity contribution in [3.8, 4) is 0 Å². The van der Waals surface area contributed by atoms with Gasteiger partial charge in [0.15, 0.2) is 12.1 Å². The van der Waals surface area contributed by atoms with Crippen LogP contribution in [0, 0.1) is 17.3 Å². The molecule has 2 aliphatic rings. The molecule has 0 bridgehead atoms. The van der Waals surface area contributed by atoms with Gasteiger partial charge < -0.3 is 23.7 Å². The molecule has 1 aromatic carbocycles. The third-order valence-corrected chi connectivity index (χ3v) is 7.92. The van der Waals surface area contributed by atoms with Crippen LogP contribution >= 0.6 is 0 Å². The van der Waals surface area contributed by atoms with Crippen LogP contribution in [0.15, 0.2) is 30.3 Å². The first kappa shape index (κ1) is 32.6. The van der Waals surface area contributed by atoms with Crippen molar-refractivity contribution < 1.29 is 28.5 Å². The Bertz CT molecular complexity index is 858. The molecule has 0 spiro atoms. The second-order valence-electron chi connectivity index (χ2n) is 12.0. The van der Waals surface area contributed by atoms with E-state index in [0.717, 1.165) is 37.7 Å². The topological polar surface area (TPSA) is 71.1 Å². The molecule has 6 heteroatoms. The average molecular weight is 533 g/mol. The summed E-state index contributed by atoms with van der Waals surface area (Å²) in [5.74, 6) is -0.660. The summed E-state index contributed by atoms with van der Waals surface area (Å²) >= 11 is 0. The Kier molecular flexibility index (Phi) is 12.6. The smallest absolute Gasteiger partial charge is 0.163 e. The normalized spacial score (nSPS) is 24.1. The van der Waals surface area contributed by atoms with Crippen LogP contribution in [0.25, 0.3) is 0 Å². The highest BCUT2D eigenvalue weighted by atomic mass is 16.7. The lowest BCUT2D eigenvalue weighted by Gasteiger charge is -2.45. The first-order valence-electron chi connectivity index (χ1n) is 14.2. The predicted octanol–water partition coefficient (Wildman–Crippen LogP) is 6.93. The number of hydrogen-bond acceptors (Lipinski definition) is 6. The van der Waals surface area contributed by atoms with Gasteiger partial charge in [-0.1, -0.05) is 58.5 Å². The van der Waals surface area contributed by atoms with Crippen LogP contribution in [-0.2, 0) is 35.0 Å². The number of ketones is 2. The van der Waals surface area contributed by atoms with E-state index in [1.54, 1.807) is 6.92 Å². The van der Waals surface area contributed by atoms with Gasteiger partial charge in [-0.2, -0.15) is 0 Å². The Morgan fingerprint density at radius 1 is 1.11 bits per heavy atom. The zero-order valence-electron chi connectivity index (χ0n) is 23.8. The largest absolute Gasteiger partial charge is 0.353 e.